The molecule has 7 atom stereocenters. The van der Waals surface area contributed by atoms with Gasteiger partial charge in [-0.25, -0.2) is 0 Å². The summed E-state index contributed by atoms with van der Waals surface area (Å²) in [5, 5.41) is 13.1. The Balaban J connectivity index is 2.05. The Hall–Kier alpha value is -1.28. The van der Waals surface area contributed by atoms with Crippen molar-refractivity contribution in [3.63, 3.8) is 0 Å². The first-order valence-electron chi connectivity index (χ1n) is 11.3. The van der Waals surface area contributed by atoms with E-state index in [1.165, 1.54) is 0 Å². The van der Waals surface area contributed by atoms with Crippen molar-refractivity contribution in [2.24, 2.45) is 23.7 Å². The van der Waals surface area contributed by atoms with Crippen molar-refractivity contribution in [1.82, 2.24) is 10.2 Å². The van der Waals surface area contributed by atoms with Crippen LogP contribution in [-0.2, 0) is 19.1 Å². The number of unbranched alkanes of at least 4 members (excludes halogenated alkanes) is 1. The molecule has 0 radical (unpaired) electrons. The molecule has 7 nitrogen and oxygen atoms in total. The van der Waals surface area contributed by atoms with E-state index in [0.717, 1.165) is 19.3 Å². The minimum absolute atomic E-state index is 0.00674. The number of ether oxygens (including phenoxy) is 1. The number of carbonyl (C=O) groups is 3. The molecule has 3 unspecified atom stereocenters. The average Bonchev–Trinajstić information content (AvgIpc) is 3.27. The fourth-order valence-corrected chi connectivity index (χ4v) is 8.12. The van der Waals surface area contributed by atoms with Crippen molar-refractivity contribution in [3.05, 3.63) is 0 Å². The summed E-state index contributed by atoms with van der Waals surface area (Å²) in [7, 11) is 0. The quantitative estimate of drug-likeness (QED) is 0.419. The van der Waals surface area contributed by atoms with Crippen LogP contribution in [-0.4, -0.2) is 69.6 Å². The van der Waals surface area contributed by atoms with Crippen LogP contribution in [0.4, 0.5) is 0 Å². The standard InChI is InChI=1S/C22H36N2O5S/c1-6-8-9-23-19(26)18-22-13(5)10-15(30-22)16(21(28)29-7-2)17(22)20(27)24(18)14(11-25)12(3)4/h12-18,25H,6-11H2,1-5H3,(H,23,26)/t13?,14-,15-,16+,17-,18?,22?/m0/s1. The molecule has 0 aromatic carbocycles. The smallest absolute Gasteiger partial charge is 0.310 e. The van der Waals surface area contributed by atoms with Gasteiger partial charge in [0.15, 0.2) is 0 Å². The second-order valence-electron chi connectivity index (χ2n) is 9.19. The molecule has 3 fully saturated rings. The first-order chi connectivity index (χ1) is 14.3. The van der Waals surface area contributed by atoms with E-state index in [0.29, 0.717) is 6.54 Å². The molecular formula is C22H36N2O5S. The Labute approximate surface area is 183 Å². The minimum atomic E-state index is -0.684. The van der Waals surface area contributed by atoms with Crippen LogP contribution in [0.5, 0.6) is 0 Å². The second-order valence-corrected chi connectivity index (χ2v) is 10.7. The Morgan fingerprint density at radius 1 is 1.37 bits per heavy atom. The second kappa shape index (κ2) is 9.07. The maximum Gasteiger partial charge on any atom is 0.310 e. The molecule has 0 aromatic rings. The van der Waals surface area contributed by atoms with Crippen LogP contribution < -0.4 is 5.32 Å². The summed E-state index contributed by atoms with van der Waals surface area (Å²) in [6.07, 6.45) is 2.62. The van der Waals surface area contributed by atoms with Crippen LogP contribution in [0.1, 0.15) is 53.9 Å². The summed E-state index contributed by atoms with van der Waals surface area (Å²) in [4.78, 5) is 41.7. The van der Waals surface area contributed by atoms with Crippen molar-refractivity contribution in [2.45, 2.75) is 76.0 Å². The zero-order valence-corrected chi connectivity index (χ0v) is 19.5. The van der Waals surface area contributed by atoms with Gasteiger partial charge in [0.1, 0.15) is 6.04 Å². The summed E-state index contributed by atoms with van der Waals surface area (Å²) in [5.74, 6) is -1.68. The van der Waals surface area contributed by atoms with Crippen LogP contribution in [0.2, 0.25) is 0 Å². The fraction of sp³-hybridized carbons (Fsp3) is 0.864. The predicted molar refractivity (Wildman–Crippen MR) is 116 cm³/mol. The molecule has 2 bridgehead atoms. The molecular weight excluding hydrogens is 404 g/mol. The van der Waals surface area contributed by atoms with Gasteiger partial charge in [0, 0.05) is 11.8 Å². The van der Waals surface area contributed by atoms with E-state index >= 15 is 0 Å². The predicted octanol–water partition coefficient (Wildman–Crippen LogP) is 1.82. The van der Waals surface area contributed by atoms with Crippen LogP contribution >= 0.6 is 11.8 Å². The lowest BCUT2D eigenvalue weighted by Crippen LogP contribution is -2.59. The van der Waals surface area contributed by atoms with E-state index in [-0.39, 0.29) is 48.1 Å². The highest BCUT2D eigenvalue weighted by Crippen LogP contribution is 2.69. The largest absolute Gasteiger partial charge is 0.466 e. The summed E-state index contributed by atoms with van der Waals surface area (Å²) < 4.78 is 4.68. The van der Waals surface area contributed by atoms with Gasteiger partial charge < -0.3 is 20.1 Å². The molecule has 170 valence electrons. The highest BCUT2D eigenvalue weighted by atomic mass is 32.2. The molecule has 0 aromatic heterocycles. The lowest BCUT2D eigenvalue weighted by molar-refractivity contribution is -0.154. The molecule has 3 saturated heterocycles. The lowest BCUT2D eigenvalue weighted by atomic mass is 9.66. The van der Waals surface area contributed by atoms with Gasteiger partial charge >= 0.3 is 5.97 Å². The number of rotatable bonds is 9. The molecule has 1 spiro atoms. The molecule has 2 amide bonds. The summed E-state index contributed by atoms with van der Waals surface area (Å²) >= 11 is 1.64. The number of nitrogens with zero attached hydrogens (tertiary/aromatic N) is 1. The number of thioether (sulfide) groups is 1. The van der Waals surface area contributed by atoms with Crippen molar-refractivity contribution < 1.29 is 24.2 Å². The number of likely N-dealkylation sites (tertiary alicyclic amines) is 1. The lowest BCUT2D eigenvalue weighted by Gasteiger charge is -2.40. The van der Waals surface area contributed by atoms with Gasteiger partial charge in [-0.05, 0) is 31.6 Å². The number of carbonyl (C=O) groups excluding carboxylic acids is 3. The molecule has 3 heterocycles. The van der Waals surface area contributed by atoms with Gasteiger partial charge in [0.05, 0.1) is 35.8 Å². The zero-order chi connectivity index (χ0) is 22.2. The fourth-order valence-electron chi connectivity index (χ4n) is 5.73. The molecule has 0 saturated carbocycles. The summed E-state index contributed by atoms with van der Waals surface area (Å²) in [6.45, 7) is 10.4. The van der Waals surface area contributed by atoms with Crippen molar-refractivity contribution in [3.8, 4) is 0 Å². The van der Waals surface area contributed by atoms with Crippen molar-refractivity contribution >= 4 is 29.5 Å². The van der Waals surface area contributed by atoms with E-state index in [1.54, 1.807) is 23.6 Å². The third kappa shape index (κ3) is 3.44. The minimum Gasteiger partial charge on any atom is -0.466 e. The number of aliphatic hydroxyl groups excluding tert-OH is 1. The van der Waals surface area contributed by atoms with Gasteiger partial charge in [0.25, 0.3) is 0 Å². The topological polar surface area (TPSA) is 95.9 Å². The number of amides is 2. The molecule has 2 N–H and O–H groups in total. The Morgan fingerprint density at radius 2 is 2.07 bits per heavy atom. The monoisotopic (exact) mass is 440 g/mol. The summed E-state index contributed by atoms with van der Waals surface area (Å²) in [5.41, 5.74) is 0. The number of hydrogen-bond acceptors (Lipinski definition) is 6. The maximum atomic E-state index is 13.8. The molecule has 8 heteroatoms. The molecule has 30 heavy (non-hydrogen) atoms. The van der Waals surface area contributed by atoms with Crippen LogP contribution in [0.25, 0.3) is 0 Å². The van der Waals surface area contributed by atoms with Gasteiger partial charge in [-0.1, -0.05) is 34.1 Å². The Kier molecular flexibility index (Phi) is 7.07. The average molecular weight is 441 g/mol. The van der Waals surface area contributed by atoms with Crippen LogP contribution in [0, 0.1) is 23.7 Å². The number of hydrogen-bond donors (Lipinski definition) is 2. The number of fused-ring (bicyclic) bond motifs is 1. The maximum absolute atomic E-state index is 13.8. The van der Waals surface area contributed by atoms with Crippen LogP contribution in [0.3, 0.4) is 0 Å². The Morgan fingerprint density at radius 3 is 2.63 bits per heavy atom. The van der Waals surface area contributed by atoms with Gasteiger partial charge in [0.2, 0.25) is 11.8 Å². The van der Waals surface area contributed by atoms with Crippen molar-refractivity contribution in [2.75, 3.05) is 19.8 Å². The van der Waals surface area contributed by atoms with E-state index in [2.05, 4.69) is 19.2 Å². The SMILES string of the molecule is CCCCNC(=O)C1N([C@@H](CO)C(C)C)C(=O)[C@@H]2[C@H](C(=O)OCC)[C@@H]3CC(C)C12S3. The summed E-state index contributed by atoms with van der Waals surface area (Å²) in [6, 6.07) is -1.15. The highest BCUT2D eigenvalue weighted by Gasteiger charge is 2.76. The van der Waals surface area contributed by atoms with Gasteiger partial charge in [-0.15, -0.1) is 11.8 Å². The van der Waals surface area contributed by atoms with Crippen molar-refractivity contribution in [1.29, 1.82) is 0 Å². The van der Waals surface area contributed by atoms with Gasteiger partial charge in [-0.2, -0.15) is 0 Å². The zero-order valence-electron chi connectivity index (χ0n) is 18.7. The molecule has 3 aliphatic heterocycles. The number of aliphatic hydroxyl groups is 1. The van der Waals surface area contributed by atoms with Gasteiger partial charge in [-0.3, -0.25) is 14.4 Å². The molecule has 3 aliphatic rings. The highest BCUT2D eigenvalue weighted by molar-refractivity contribution is 8.02. The van der Waals surface area contributed by atoms with E-state index in [1.807, 2.05) is 13.8 Å². The van der Waals surface area contributed by atoms with E-state index < -0.39 is 28.7 Å². The third-order valence-electron chi connectivity index (χ3n) is 7.13. The number of nitrogens with one attached hydrogen (secondary N) is 1. The normalized spacial score (nSPS) is 35.6. The number of esters is 1. The molecule has 0 aliphatic carbocycles. The third-order valence-corrected chi connectivity index (χ3v) is 9.21. The first-order valence-corrected chi connectivity index (χ1v) is 12.2. The van der Waals surface area contributed by atoms with E-state index in [4.69, 9.17) is 4.74 Å². The van der Waals surface area contributed by atoms with E-state index in [9.17, 15) is 19.5 Å². The Bertz CT molecular complexity index is 686. The first kappa shape index (κ1) is 23.4. The van der Waals surface area contributed by atoms with Crippen LogP contribution in [0.15, 0.2) is 0 Å². The molecule has 3 rings (SSSR count).